The third-order valence-electron chi connectivity index (χ3n) is 4.53. The number of nitrogens with one attached hydrogen (secondary N) is 1. The quantitative estimate of drug-likeness (QED) is 0.851. The van der Waals surface area contributed by atoms with Crippen LogP contribution in [0.3, 0.4) is 0 Å². The second-order valence-electron chi connectivity index (χ2n) is 5.37. The summed E-state index contributed by atoms with van der Waals surface area (Å²) in [7, 11) is 0. The van der Waals surface area contributed by atoms with E-state index in [0.29, 0.717) is 5.41 Å². The van der Waals surface area contributed by atoms with Crippen molar-refractivity contribution in [2.24, 2.45) is 5.41 Å². The van der Waals surface area contributed by atoms with Crippen LogP contribution in [0.5, 0.6) is 0 Å². The molecule has 0 amide bonds. The minimum absolute atomic E-state index is 0.637. The molecule has 1 N–H and O–H groups in total. The van der Waals surface area contributed by atoms with Gasteiger partial charge in [0.2, 0.25) is 0 Å². The van der Waals surface area contributed by atoms with Crippen molar-refractivity contribution >= 4 is 0 Å². The number of rotatable bonds is 3. The van der Waals surface area contributed by atoms with Crippen LogP contribution in [0, 0.1) is 5.41 Å². The molecule has 0 aliphatic heterocycles. The Kier molecular flexibility index (Phi) is 2.72. The van der Waals surface area contributed by atoms with Gasteiger partial charge in [0.25, 0.3) is 0 Å². The van der Waals surface area contributed by atoms with Gasteiger partial charge in [-0.3, -0.25) is 0 Å². The van der Waals surface area contributed by atoms with Gasteiger partial charge >= 0.3 is 0 Å². The average Bonchev–Trinajstić information content (AvgIpc) is 2.82. The smallest absolute Gasteiger partial charge is 0.150 e. The summed E-state index contributed by atoms with van der Waals surface area (Å²) in [5.74, 6) is 0.956. The maximum Gasteiger partial charge on any atom is 0.150 e. The fourth-order valence-electron chi connectivity index (χ4n) is 3.43. The Labute approximate surface area is 96.6 Å². The lowest BCUT2D eigenvalue weighted by Crippen LogP contribution is -2.53. The molecule has 1 atom stereocenters. The van der Waals surface area contributed by atoms with Gasteiger partial charge < -0.3 is 9.84 Å². The monoisotopic (exact) mass is 220 g/mol. The molecule has 16 heavy (non-hydrogen) atoms. The van der Waals surface area contributed by atoms with E-state index in [1.54, 1.807) is 6.20 Å². The molecule has 1 aromatic rings. The number of nitrogens with zero attached hydrogens (tertiary/aromatic N) is 1. The summed E-state index contributed by atoms with van der Waals surface area (Å²) in [6.45, 7) is 0.840. The zero-order valence-electron chi connectivity index (χ0n) is 9.74. The Morgan fingerprint density at radius 1 is 1.31 bits per heavy atom. The fraction of sp³-hybridized carbons (Fsp3) is 0.769. The van der Waals surface area contributed by atoms with Gasteiger partial charge in [0.15, 0.2) is 0 Å². The van der Waals surface area contributed by atoms with Gasteiger partial charge in [0.05, 0.1) is 12.7 Å². The van der Waals surface area contributed by atoms with Crippen molar-refractivity contribution in [1.82, 2.24) is 10.5 Å². The van der Waals surface area contributed by atoms with Crippen LogP contribution in [0.15, 0.2) is 16.8 Å². The largest absolute Gasteiger partial charge is 0.360 e. The summed E-state index contributed by atoms with van der Waals surface area (Å²) in [4.78, 5) is 0. The highest BCUT2D eigenvalue weighted by Gasteiger charge is 2.46. The maximum atomic E-state index is 5.12. The van der Waals surface area contributed by atoms with Gasteiger partial charge in [-0.1, -0.05) is 24.4 Å². The van der Waals surface area contributed by atoms with E-state index in [1.165, 1.54) is 44.9 Å². The molecule has 0 saturated heterocycles. The summed E-state index contributed by atoms with van der Waals surface area (Å²) >= 11 is 0. The average molecular weight is 220 g/mol. The van der Waals surface area contributed by atoms with Gasteiger partial charge in [-0.2, -0.15) is 0 Å². The first kappa shape index (κ1) is 10.3. The highest BCUT2D eigenvalue weighted by molar-refractivity contribution is 5.03. The van der Waals surface area contributed by atoms with Gasteiger partial charge in [0.1, 0.15) is 5.76 Å². The molecule has 3 nitrogen and oxygen atoms in total. The lowest BCUT2D eigenvalue weighted by atomic mass is 9.57. The van der Waals surface area contributed by atoms with Crippen molar-refractivity contribution in [3.63, 3.8) is 0 Å². The topological polar surface area (TPSA) is 38.1 Å². The Morgan fingerprint density at radius 2 is 2.19 bits per heavy atom. The SMILES string of the molecule is c1cc(CNC2CCC23CCCCC3)on1. The van der Waals surface area contributed by atoms with Crippen LogP contribution in [-0.2, 0) is 6.54 Å². The maximum absolute atomic E-state index is 5.12. The van der Waals surface area contributed by atoms with E-state index >= 15 is 0 Å². The van der Waals surface area contributed by atoms with Gasteiger partial charge in [-0.15, -0.1) is 0 Å². The fourth-order valence-corrected chi connectivity index (χ4v) is 3.43. The van der Waals surface area contributed by atoms with Crippen LogP contribution < -0.4 is 5.32 Å². The van der Waals surface area contributed by atoms with Gasteiger partial charge in [-0.05, 0) is 31.1 Å². The Balaban J connectivity index is 1.55. The normalized spacial score (nSPS) is 27.9. The highest BCUT2D eigenvalue weighted by atomic mass is 16.5. The van der Waals surface area contributed by atoms with Gasteiger partial charge in [-0.25, -0.2) is 0 Å². The van der Waals surface area contributed by atoms with Crippen LogP contribution in [-0.4, -0.2) is 11.2 Å². The van der Waals surface area contributed by atoms with E-state index in [9.17, 15) is 0 Å². The van der Waals surface area contributed by atoms with Crippen LogP contribution in [0.4, 0.5) is 0 Å². The zero-order chi connectivity index (χ0) is 10.8. The molecule has 0 bridgehead atoms. The molecular formula is C13H20N2O. The van der Waals surface area contributed by atoms with Crippen molar-refractivity contribution in [2.75, 3.05) is 0 Å². The molecule has 2 aliphatic carbocycles. The lowest BCUT2D eigenvalue weighted by molar-refractivity contribution is 0.0210. The standard InChI is InChI=1S/C13H20N2O/c1-2-6-13(7-3-1)8-4-12(13)14-10-11-5-9-15-16-11/h5,9,12,14H,1-4,6-8,10H2. The van der Waals surface area contributed by atoms with E-state index < -0.39 is 0 Å². The molecule has 1 spiro atoms. The Bertz CT molecular complexity index is 328. The van der Waals surface area contributed by atoms with E-state index in [1.807, 2.05) is 6.07 Å². The summed E-state index contributed by atoms with van der Waals surface area (Å²) in [5, 5.41) is 7.38. The minimum atomic E-state index is 0.637. The van der Waals surface area contributed by atoms with Crippen molar-refractivity contribution in [3.05, 3.63) is 18.0 Å². The van der Waals surface area contributed by atoms with E-state index in [-0.39, 0.29) is 0 Å². The van der Waals surface area contributed by atoms with Crippen LogP contribution in [0.25, 0.3) is 0 Å². The predicted octanol–water partition coefficient (Wildman–Crippen LogP) is 2.88. The summed E-state index contributed by atoms with van der Waals surface area (Å²) in [5.41, 5.74) is 0.637. The summed E-state index contributed by atoms with van der Waals surface area (Å²) < 4.78 is 5.12. The third kappa shape index (κ3) is 1.77. The molecule has 2 aliphatic rings. The minimum Gasteiger partial charge on any atom is -0.360 e. The number of hydrogen-bond donors (Lipinski definition) is 1. The second kappa shape index (κ2) is 4.21. The molecule has 1 aromatic heterocycles. The first-order valence-electron chi connectivity index (χ1n) is 6.52. The first-order valence-corrected chi connectivity index (χ1v) is 6.52. The Hall–Kier alpha value is -0.830. The molecule has 88 valence electrons. The molecule has 0 aromatic carbocycles. The molecule has 0 radical (unpaired) electrons. The predicted molar refractivity (Wildman–Crippen MR) is 61.9 cm³/mol. The first-order chi connectivity index (χ1) is 7.89. The summed E-state index contributed by atoms with van der Waals surface area (Å²) in [6, 6.07) is 2.66. The summed E-state index contributed by atoms with van der Waals surface area (Å²) in [6.07, 6.45) is 11.7. The molecule has 1 heterocycles. The molecule has 3 rings (SSSR count). The Morgan fingerprint density at radius 3 is 2.81 bits per heavy atom. The molecular weight excluding hydrogens is 200 g/mol. The lowest BCUT2D eigenvalue weighted by Gasteiger charge is -2.52. The second-order valence-corrected chi connectivity index (χ2v) is 5.37. The van der Waals surface area contributed by atoms with Crippen LogP contribution in [0.1, 0.15) is 50.7 Å². The van der Waals surface area contributed by atoms with E-state index in [4.69, 9.17) is 4.52 Å². The molecule has 2 fully saturated rings. The molecule has 1 unspecified atom stereocenters. The van der Waals surface area contributed by atoms with E-state index in [0.717, 1.165) is 18.3 Å². The number of hydrogen-bond acceptors (Lipinski definition) is 3. The third-order valence-corrected chi connectivity index (χ3v) is 4.53. The van der Waals surface area contributed by atoms with Crippen molar-refractivity contribution < 1.29 is 4.52 Å². The van der Waals surface area contributed by atoms with E-state index in [2.05, 4.69) is 10.5 Å². The van der Waals surface area contributed by atoms with Crippen molar-refractivity contribution in [3.8, 4) is 0 Å². The van der Waals surface area contributed by atoms with Crippen LogP contribution >= 0.6 is 0 Å². The van der Waals surface area contributed by atoms with Crippen molar-refractivity contribution in [2.45, 2.75) is 57.5 Å². The van der Waals surface area contributed by atoms with Crippen molar-refractivity contribution in [1.29, 1.82) is 0 Å². The number of aromatic nitrogens is 1. The molecule has 2 saturated carbocycles. The van der Waals surface area contributed by atoms with Crippen LogP contribution in [0.2, 0.25) is 0 Å². The van der Waals surface area contributed by atoms with Gasteiger partial charge in [0, 0.05) is 12.1 Å². The highest BCUT2D eigenvalue weighted by Crippen LogP contribution is 2.51. The zero-order valence-corrected chi connectivity index (χ0v) is 9.74. The molecule has 3 heteroatoms.